The zero-order valence-electron chi connectivity index (χ0n) is 7.05. The van der Waals surface area contributed by atoms with Crippen LogP contribution in [-0.4, -0.2) is 29.1 Å². The molecule has 1 rings (SSSR count). The highest BCUT2D eigenvalue weighted by molar-refractivity contribution is 5.85. The first kappa shape index (κ1) is 8.84. The molecular formula is C9H13NO2. The average molecular weight is 167 g/mol. The summed E-state index contributed by atoms with van der Waals surface area (Å²) in [4.78, 5) is 12.5. The number of allylic oxidation sites excluding steroid dienone is 1. The molecule has 1 saturated heterocycles. The van der Waals surface area contributed by atoms with E-state index in [1.807, 2.05) is 0 Å². The fourth-order valence-electron chi connectivity index (χ4n) is 0.926. The summed E-state index contributed by atoms with van der Waals surface area (Å²) in [5, 5.41) is 8.51. The van der Waals surface area contributed by atoms with Crippen LogP contribution in [0, 0.1) is 0 Å². The fraction of sp³-hybridized carbons (Fsp3) is 0.444. The Kier molecular flexibility index (Phi) is 2.53. The second-order valence-electron chi connectivity index (χ2n) is 2.96. The lowest BCUT2D eigenvalue weighted by Crippen LogP contribution is -2.01. The van der Waals surface area contributed by atoms with Crippen LogP contribution in [0.5, 0.6) is 0 Å². The summed E-state index contributed by atoms with van der Waals surface area (Å²) < 4.78 is 0. The van der Waals surface area contributed by atoms with E-state index < -0.39 is 5.97 Å². The van der Waals surface area contributed by atoms with Crippen LogP contribution in [0.4, 0.5) is 0 Å². The number of rotatable bonds is 5. The molecule has 1 heterocycles. The van der Waals surface area contributed by atoms with Crippen LogP contribution >= 0.6 is 0 Å². The van der Waals surface area contributed by atoms with Crippen molar-refractivity contribution in [1.82, 2.24) is 4.90 Å². The molecule has 1 N–H and O–H groups in total. The summed E-state index contributed by atoms with van der Waals surface area (Å²) in [6.07, 6.45) is 1.22. The molecule has 0 aliphatic carbocycles. The summed E-state index contributed by atoms with van der Waals surface area (Å²) in [6.45, 7) is 9.42. The highest BCUT2D eigenvalue weighted by Gasteiger charge is 2.18. The Morgan fingerprint density at radius 2 is 1.92 bits per heavy atom. The van der Waals surface area contributed by atoms with Gasteiger partial charge in [-0.2, -0.15) is 0 Å². The van der Waals surface area contributed by atoms with Crippen LogP contribution in [0.3, 0.4) is 0 Å². The minimum Gasteiger partial charge on any atom is -0.478 e. The van der Waals surface area contributed by atoms with Crippen LogP contribution in [-0.2, 0) is 4.79 Å². The Balaban J connectivity index is 2.20. The molecule has 3 nitrogen and oxygen atoms in total. The van der Waals surface area contributed by atoms with Gasteiger partial charge in [-0.25, -0.2) is 4.79 Å². The van der Waals surface area contributed by atoms with Crippen molar-refractivity contribution in [3.63, 3.8) is 0 Å². The molecule has 0 unspecified atom stereocenters. The number of aliphatic carboxylic acids is 1. The predicted octanol–water partition coefficient (Wildman–Crippen LogP) is 1.24. The lowest BCUT2D eigenvalue weighted by molar-refractivity contribution is -0.132. The third-order valence-electron chi connectivity index (χ3n) is 1.91. The number of carboxylic acid groups (broad SMARTS) is 1. The van der Waals surface area contributed by atoms with Crippen LogP contribution in [0.25, 0.3) is 0 Å². The van der Waals surface area contributed by atoms with E-state index in [0.717, 1.165) is 18.8 Å². The highest BCUT2D eigenvalue weighted by Crippen LogP contribution is 2.18. The summed E-state index contributed by atoms with van der Waals surface area (Å²) in [7, 11) is 0. The molecule has 0 atom stereocenters. The minimum absolute atomic E-state index is 0.262. The second kappa shape index (κ2) is 3.43. The molecule has 0 spiro atoms. The molecule has 0 radical (unpaired) electrons. The molecule has 0 aromatic heterocycles. The van der Waals surface area contributed by atoms with Crippen LogP contribution in [0.2, 0.25) is 0 Å². The number of hydrogen-bond donors (Lipinski definition) is 1. The van der Waals surface area contributed by atoms with E-state index in [2.05, 4.69) is 18.1 Å². The Hall–Kier alpha value is -1.25. The standard InChI is InChI=1S/C9H13NO2/c1-7(9(11)12)3-4-8(2)10-5-6-10/h1-6H2,(H,11,12). The highest BCUT2D eigenvalue weighted by atomic mass is 16.4. The van der Waals surface area contributed by atoms with Crippen molar-refractivity contribution in [2.24, 2.45) is 0 Å². The SMILES string of the molecule is C=C(CCC(=C)N1CC1)C(=O)O. The van der Waals surface area contributed by atoms with Crippen LogP contribution in [0.1, 0.15) is 12.8 Å². The Morgan fingerprint density at radius 1 is 1.33 bits per heavy atom. The Morgan fingerprint density at radius 3 is 2.33 bits per heavy atom. The number of carbonyl (C=O) groups is 1. The van der Waals surface area contributed by atoms with Gasteiger partial charge < -0.3 is 10.0 Å². The summed E-state index contributed by atoms with van der Waals surface area (Å²) in [6, 6.07) is 0. The quantitative estimate of drug-likeness (QED) is 0.494. The largest absolute Gasteiger partial charge is 0.478 e. The first-order chi connectivity index (χ1) is 5.61. The molecule has 1 aliphatic heterocycles. The van der Waals surface area contributed by atoms with E-state index in [1.165, 1.54) is 0 Å². The zero-order valence-corrected chi connectivity index (χ0v) is 7.05. The lowest BCUT2D eigenvalue weighted by Gasteiger charge is -2.05. The molecule has 3 heteroatoms. The van der Waals surface area contributed by atoms with Gasteiger partial charge in [-0.3, -0.25) is 0 Å². The lowest BCUT2D eigenvalue weighted by atomic mass is 10.1. The van der Waals surface area contributed by atoms with E-state index in [-0.39, 0.29) is 5.57 Å². The van der Waals surface area contributed by atoms with E-state index in [9.17, 15) is 4.79 Å². The number of carboxylic acids is 1. The van der Waals surface area contributed by atoms with Crippen molar-refractivity contribution >= 4 is 5.97 Å². The maximum Gasteiger partial charge on any atom is 0.330 e. The van der Waals surface area contributed by atoms with Gasteiger partial charge in [0.1, 0.15) is 0 Å². The van der Waals surface area contributed by atoms with Crippen molar-refractivity contribution in [2.45, 2.75) is 12.8 Å². The van der Waals surface area contributed by atoms with Crippen molar-refractivity contribution in [1.29, 1.82) is 0 Å². The van der Waals surface area contributed by atoms with E-state index in [4.69, 9.17) is 5.11 Å². The molecule has 12 heavy (non-hydrogen) atoms. The number of hydrogen-bond acceptors (Lipinski definition) is 2. The molecule has 1 aliphatic rings. The molecule has 1 fully saturated rings. The molecule has 0 bridgehead atoms. The number of nitrogens with zero attached hydrogens (tertiary/aromatic N) is 1. The van der Waals surface area contributed by atoms with Gasteiger partial charge >= 0.3 is 5.97 Å². The maximum atomic E-state index is 10.4. The summed E-state index contributed by atoms with van der Waals surface area (Å²) in [5.41, 5.74) is 1.29. The van der Waals surface area contributed by atoms with Gasteiger partial charge in [0.2, 0.25) is 0 Å². The summed E-state index contributed by atoms with van der Waals surface area (Å²) in [5.74, 6) is -0.909. The minimum atomic E-state index is -0.909. The van der Waals surface area contributed by atoms with E-state index >= 15 is 0 Å². The average Bonchev–Trinajstić information content (AvgIpc) is 2.81. The maximum absolute atomic E-state index is 10.4. The van der Waals surface area contributed by atoms with Crippen molar-refractivity contribution in [3.8, 4) is 0 Å². The van der Waals surface area contributed by atoms with Gasteiger partial charge in [0.15, 0.2) is 0 Å². The molecule has 0 amide bonds. The summed E-state index contributed by atoms with van der Waals surface area (Å²) >= 11 is 0. The Bertz CT molecular complexity index is 229. The zero-order chi connectivity index (χ0) is 9.14. The van der Waals surface area contributed by atoms with Crippen molar-refractivity contribution < 1.29 is 9.90 Å². The van der Waals surface area contributed by atoms with E-state index in [0.29, 0.717) is 12.8 Å². The van der Waals surface area contributed by atoms with Crippen molar-refractivity contribution in [2.75, 3.05) is 13.1 Å². The molecule has 0 aromatic carbocycles. The molecule has 66 valence electrons. The first-order valence-corrected chi connectivity index (χ1v) is 3.95. The third kappa shape index (κ3) is 2.42. The molecule has 0 aromatic rings. The van der Waals surface area contributed by atoms with Crippen molar-refractivity contribution in [3.05, 3.63) is 24.4 Å². The van der Waals surface area contributed by atoms with Crippen LogP contribution < -0.4 is 0 Å². The van der Waals surface area contributed by atoms with Gasteiger partial charge in [-0.1, -0.05) is 13.2 Å². The smallest absolute Gasteiger partial charge is 0.330 e. The van der Waals surface area contributed by atoms with Gasteiger partial charge in [0.25, 0.3) is 0 Å². The van der Waals surface area contributed by atoms with Crippen LogP contribution in [0.15, 0.2) is 24.4 Å². The molecular weight excluding hydrogens is 154 g/mol. The van der Waals surface area contributed by atoms with Gasteiger partial charge in [0, 0.05) is 24.4 Å². The van der Waals surface area contributed by atoms with Gasteiger partial charge in [0.05, 0.1) is 0 Å². The topological polar surface area (TPSA) is 40.3 Å². The van der Waals surface area contributed by atoms with E-state index in [1.54, 1.807) is 0 Å². The monoisotopic (exact) mass is 167 g/mol. The van der Waals surface area contributed by atoms with Gasteiger partial charge in [-0.15, -0.1) is 0 Å². The normalized spacial score (nSPS) is 14.2. The third-order valence-corrected chi connectivity index (χ3v) is 1.91. The fourth-order valence-corrected chi connectivity index (χ4v) is 0.926. The second-order valence-corrected chi connectivity index (χ2v) is 2.96. The Labute approximate surface area is 72.0 Å². The van der Waals surface area contributed by atoms with Gasteiger partial charge in [-0.05, 0) is 12.8 Å². The molecule has 0 saturated carbocycles. The predicted molar refractivity (Wildman–Crippen MR) is 46.7 cm³/mol. The first-order valence-electron chi connectivity index (χ1n) is 3.95.